The van der Waals surface area contributed by atoms with Crippen LogP contribution in [0.3, 0.4) is 0 Å². The van der Waals surface area contributed by atoms with Crippen molar-refractivity contribution in [2.45, 2.75) is 20.4 Å². The average Bonchev–Trinajstić information content (AvgIpc) is 2.87. The summed E-state index contributed by atoms with van der Waals surface area (Å²) in [7, 11) is 1.71. The number of rotatable bonds is 6. The third-order valence-electron chi connectivity index (χ3n) is 3.14. The minimum atomic E-state index is 0.739. The zero-order valence-corrected chi connectivity index (χ0v) is 12.5. The number of methoxy groups -OCH3 is 1. The van der Waals surface area contributed by atoms with Crippen LogP contribution in [-0.2, 0) is 11.3 Å². The maximum absolute atomic E-state index is 5.00. The number of aryl methyl sites for hydroxylation is 2. The molecule has 0 aliphatic carbocycles. The minimum Gasteiger partial charge on any atom is -0.383 e. The summed E-state index contributed by atoms with van der Waals surface area (Å²) in [4.78, 5) is 1.25. The third kappa shape index (κ3) is 3.86. The standard InChI is InChI=1S/C15H20N2OS/c1-11-4-5-13(8-12(11)2)15-9-14(19-17-15)10-16-6-7-18-3/h4-5,8-9,16H,6-7,10H2,1-3H3. The van der Waals surface area contributed by atoms with Crippen LogP contribution in [-0.4, -0.2) is 24.6 Å². The Kier molecular flexibility index (Phi) is 5.07. The van der Waals surface area contributed by atoms with Crippen LogP contribution in [0.5, 0.6) is 0 Å². The first-order chi connectivity index (χ1) is 9.20. The van der Waals surface area contributed by atoms with E-state index in [1.807, 2.05) is 0 Å². The smallest absolute Gasteiger partial charge is 0.0844 e. The molecule has 0 fully saturated rings. The van der Waals surface area contributed by atoms with Crippen LogP contribution in [0, 0.1) is 13.8 Å². The Morgan fingerprint density at radius 3 is 2.79 bits per heavy atom. The number of nitrogens with one attached hydrogen (secondary N) is 1. The lowest BCUT2D eigenvalue weighted by Crippen LogP contribution is -2.17. The van der Waals surface area contributed by atoms with Crippen molar-refractivity contribution < 1.29 is 4.74 Å². The van der Waals surface area contributed by atoms with Crippen molar-refractivity contribution in [2.24, 2.45) is 0 Å². The summed E-state index contributed by atoms with van der Waals surface area (Å²) in [6.45, 7) is 6.73. The van der Waals surface area contributed by atoms with Crippen LogP contribution in [0.25, 0.3) is 11.3 Å². The van der Waals surface area contributed by atoms with Crippen molar-refractivity contribution >= 4 is 11.5 Å². The van der Waals surface area contributed by atoms with Crippen LogP contribution in [0.1, 0.15) is 16.0 Å². The van der Waals surface area contributed by atoms with Gasteiger partial charge in [0.1, 0.15) is 0 Å². The summed E-state index contributed by atoms with van der Waals surface area (Å²) in [5.41, 5.74) is 4.89. The zero-order valence-electron chi connectivity index (χ0n) is 11.7. The number of hydrogen-bond acceptors (Lipinski definition) is 4. The molecule has 2 rings (SSSR count). The minimum absolute atomic E-state index is 0.739. The predicted octanol–water partition coefficient (Wildman–Crippen LogP) is 3.16. The first-order valence-corrected chi connectivity index (χ1v) is 7.21. The van der Waals surface area contributed by atoms with E-state index in [2.05, 4.69) is 47.8 Å². The first kappa shape index (κ1) is 14.2. The van der Waals surface area contributed by atoms with Gasteiger partial charge >= 0.3 is 0 Å². The van der Waals surface area contributed by atoms with Crippen molar-refractivity contribution in [1.82, 2.24) is 9.69 Å². The van der Waals surface area contributed by atoms with Crippen molar-refractivity contribution in [3.63, 3.8) is 0 Å². The molecule has 0 radical (unpaired) electrons. The van der Waals surface area contributed by atoms with Gasteiger partial charge in [-0.2, -0.15) is 4.37 Å². The van der Waals surface area contributed by atoms with Crippen LogP contribution in [0.15, 0.2) is 24.3 Å². The van der Waals surface area contributed by atoms with Crippen molar-refractivity contribution in [2.75, 3.05) is 20.3 Å². The number of hydrogen-bond donors (Lipinski definition) is 1. The molecule has 0 spiro atoms. The molecule has 1 heterocycles. The molecule has 0 atom stereocenters. The molecular formula is C15H20N2OS. The molecule has 0 aliphatic rings. The monoisotopic (exact) mass is 276 g/mol. The molecule has 1 aromatic carbocycles. The number of aromatic nitrogens is 1. The molecule has 19 heavy (non-hydrogen) atoms. The maximum Gasteiger partial charge on any atom is 0.0844 e. The summed E-state index contributed by atoms with van der Waals surface area (Å²) in [5, 5.41) is 3.33. The molecule has 0 bridgehead atoms. The molecule has 0 unspecified atom stereocenters. The SMILES string of the molecule is COCCNCc1cc(-c2ccc(C)c(C)c2)ns1. The second-order valence-corrected chi connectivity index (χ2v) is 5.54. The fourth-order valence-electron chi connectivity index (χ4n) is 1.82. The Morgan fingerprint density at radius 1 is 1.21 bits per heavy atom. The zero-order chi connectivity index (χ0) is 13.7. The van der Waals surface area contributed by atoms with Crippen molar-refractivity contribution in [3.05, 3.63) is 40.3 Å². The Balaban J connectivity index is 2.01. The summed E-state index contributed by atoms with van der Waals surface area (Å²) < 4.78 is 9.53. The number of benzene rings is 1. The lowest BCUT2D eigenvalue weighted by atomic mass is 10.0. The van der Waals surface area contributed by atoms with Gasteiger partial charge in [0.15, 0.2) is 0 Å². The van der Waals surface area contributed by atoms with Gasteiger partial charge < -0.3 is 10.1 Å². The van der Waals surface area contributed by atoms with Gasteiger partial charge in [0, 0.05) is 30.6 Å². The highest BCUT2D eigenvalue weighted by molar-refractivity contribution is 7.06. The fraction of sp³-hybridized carbons (Fsp3) is 0.400. The summed E-state index contributed by atoms with van der Waals surface area (Å²) in [6, 6.07) is 8.65. The van der Waals surface area contributed by atoms with Gasteiger partial charge in [-0.3, -0.25) is 0 Å². The van der Waals surface area contributed by atoms with Crippen LogP contribution >= 0.6 is 11.5 Å². The van der Waals surface area contributed by atoms with Crippen LogP contribution < -0.4 is 5.32 Å². The molecule has 0 saturated carbocycles. The van der Waals surface area contributed by atoms with Gasteiger partial charge in [0.2, 0.25) is 0 Å². The van der Waals surface area contributed by atoms with E-state index >= 15 is 0 Å². The van der Waals surface area contributed by atoms with E-state index in [4.69, 9.17) is 4.74 Å². The molecule has 1 aromatic heterocycles. The second-order valence-electron chi connectivity index (χ2n) is 4.65. The summed E-state index contributed by atoms with van der Waals surface area (Å²) in [6.07, 6.45) is 0. The van der Waals surface area contributed by atoms with E-state index < -0.39 is 0 Å². The quantitative estimate of drug-likeness (QED) is 0.823. The number of ether oxygens (including phenoxy) is 1. The van der Waals surface area contributed by atoms with Crippen molar-refractivity contribution in [1.29, 1.82) is 0 Å². The average molecular weight is 276 g/mol. The van der Waals surface area contributed by atoms with Gasteiger partial charge in [-0.05, 0) is 48.6 Å². The maximum atomic E-state index is 5.00. The van der Waals surface area contributed by atoms with Gasteiger partial charge in [-0.25, -0.2) is 0 Å². The summed E-state index contributed by atoms with van der Waals surface area (Å²) in [5.74, 6) is 0. The topological polar surface area (TPSA) is 34.1 Å². The van der Waals surface area contributed by atoms with E-state index in [0.717, 1.165) is 25.4 Å². The highest BCUT2D eigenvalue weighted by Gasteiger charge is 2.05. The van der Waals surface area contributed by atoms with E-state index in [0.29, 0.717) is 0 Å². The lowest BCUT2D eigenvalue weighted by molar-refractivity contribution is 0.199. The molecule has 0 amide bonds. The van der Waals surface area contributed by atoms with Crippen LogP contribution in [0.4, 0.5) is 0 Å². The Morgan fingerprint density at radius 2 is 2.05 bits per heavy atom. The first-order valence-electron chi connectivity index (χ1n) is 6.43. The largest absolute Gasteiger partial charge is 0.383 e. The van der Waals surface area contributed by atoms with E-state index in [1.54, 1.807) is 18.6 Å². The Hall–Kier alpha value is -1.23. The molecule has 1 N–H and O–H groups in total. The third-order valence-corrected chi connectivity index (χ3v) is 3.93. The fourth-order valence-corrected chi connectivity index (χ4v) is 2.52. The van der Waals surface area contributed by atoms with Gasteiger partial charge in [0.25, 0.3) is 0 Å². The van der Waals surface area contributed by atoms with E-state index in [-0.39, 0.29) is 0 Å². The second kappa shape index (κ2) is 6.80. The van der Waals surface area contributed by atoms with Gasteiger partial charge in [0.05, 0.1) is 12.3 Å². The molecule has 102 valence electrons. The Bertz CT molecular complexity index is 537. The van der Waals surface area contributed by atoms with E-state index in [1.165, 1.54) is 21.6 Å². The molecular weight excluding hydrogens is 256 g/mol. The molecule has 0 aliphatic heterocycles. The van der Waals surface area contributed by atoms with E-state index in [9.17, 15) is 0 Å². The predicted molar refractivity (Wildman–Crippen MR) is 80.6 cm³/mol. The van der Waals surface area contributed by atoms with Crippen LogP contribution in [0.2, 0.25) is 0 Å². The molecule has 4 heteroatoms. The van der Waals surface area contributed by atoms with Crippen molar-refractivity contribution in [3.8, 4) is 11.3 Å². The Labute approximate surface area is 118 Å². The molecule has 3 nitrogen and oxygen atoms in total. The van der Waals surface area contributed by atoms with Gasteiger partial charge in [-0.1, -0.05) is 12.1 Å². The molecule has 2 aromatic rings. The number of nitrogens with zero attached hydrogens (tertiary/aromatic N) is 1. The normalized spacial score (nSPS) is 10.9. The highest BCUT2D eigenvalue weighted by atomic mass is 32.1. The lowest BCUT2D eigenvalue weighted by Gasteiger charge is -2.02. The molecule has 0 saturated heterocycles. The summed E-state index contributed by atoms with van der Waals surface area (Å²) >= 11 is 1.56. The highest BCUT2D eigenvalue weighted by Crippen LogP contribution is 2.24. The van der Waals surface area contributed by atoms with Gasteiger partial charge in [-0.15, -0.1) is 0 Å².